The van der Waals surface area contributed by atoms with Crippen molar-refractivity contribution in [2.45, 2.75) is 50.2 Å². The Hall–Kier alpha value is -3.70. The van der Waals surface area contributed by atoms with E-state index in [-0.39, 0.29) is 36.4 Å². The van der Waals surface area contributed by atoms with E-state index in [1.54, 1.807) is 48.4 Å². The quantitative estimate of drug-likeness (QED) is 0.233. The molecule has 216 valence electrons. The van der Waals surface area contributed by atoms with Gasteiger partial charge in [0.25, 0.3) is 11.8 Å². The van der Waals surface area contributed by atoms with Crippen LogP contribution in [0.1, 0.15) is 34.8 Å². The van der Waals surface area contributed by atoms with Crippen molar-refractivity contribution in [3.63, 3.8) is 0 Å². The molecule has 0 bridgehead atoms. The Morgan fingerprint density at radius 3 is 2.41 bits per heavy atom. The number of aliphatic hydroxyl groups excluding tert-OH is 1. The van der Waals surface area contributed by atoms with Gasteiger partial charge < -0.3 is 35.3 Å². The highest BCUT2D eigenvalue weighted by molar-refractivity contribution is 6.71. The Morgan fingerprint density at radius 1 is 1.12 bits per heavy atom. The number of ether oxygens (including phenoxy) is 2. The smallest absolute Gasteiger partial charge is 0.264 e. The number of nitrogen functional groups attached to an aromatic ring is 1. The minimum atomic E-state index is -2.78. The van der Waals surface area contributed by atoms with Crippen LogP contribution in [0.2, 0.25) is 18.6 Å². The maximum atomic E-state index is 14.4. The number of hydrogen-bond donors (Lipinski definition) is 4. The molecule has 1 fully saturated rings. The van der Waals surface area contributed by atoms with Gasteiger partial charge in [-0.2, -0.15) is 0 Å². The molecule has 0 aromatic heterocycles. The number of benzene rings is 3. The number of aliphatic hydroxyl groups is 1. The van der Waals surface area contributed by atoms with E-state index in [1.165, 1.54) is 0 Å². The highest BCUT2D eigenvalue weighted by Crippen LogP contribution is 2.60. The molecule has 2 aliphatic rings. The third kappa shape index (κ3) is 5.12. The van der Waals surface area contributed by atoms with Crippen molar-refractivity contribution in [1.82, 2.24) is 0 Å². The lowest BCUT2D eigenvalue weighted by atomic mass is 9.82. The number of methoxy groups -OCH3 is 1. The van der Waals surface area contributed by atoms with E-state index in [2.05, 4.69) is 5.32 Å². The van der Waals surface area contributed by atoms with Crippen LogP contribution in [0.5, 0.6) is 5.75 Å². The molecule has 1 saturated heterocycles. The van der Waals surface area contributed by atoms with Crippen LogP contribution in [0.4, 0.5) is 17.1 Å². The third-order valence-electron chi connectivity index (χ3n) is 8.33. The lowest BCUT2D eigenvalue weighted by Crippen LogP contribution is -2.46. The van der Waals surface area contributed by atoms with Gasteiger partial charge >= 0.3 is 0 Å². The topological polar surface area (TPSA) is 134 Å². The molecule has 5 rings (SSSR count). The number of nitrogens with one attached hydrogen (secondary N) is 1. The fourth-order valence-electron chi connectivity index (χ4n) is 6.45. The number of amides is 2. The van der Waals surface area contributed by atoms with Crippen molar-refractivity contribution in [1.29, 1.82) is 0 Å². The second-order valence-electron chi connectivity index (χ2n) is 11.4. The van der Waals surface area contributed by atoms with E-state index in [1.807, 2.05) is 50.3 Å². The molecule has 0 saturated carbocycles. The van der Waals surface area contributed by atoms with Crippen molar-refractivity contribution < 1.29 is 29.0 Å². The van der Waals surface area contributed by atoms with Crippen LogP contribution >= 0.6 is 0 Å². The van der Waals surface area contributed by atoms with Crippen molar-refractivity contribution >= 4 is 37.2 Å². The van der Waals surface area contributed by atoms with Gasteiger partial charge in [0.1, 0.15) is 5.75 Å². The molecular formula is C31H37N3O6Si. The number of rotatable bonds is 8. The lowest BCUT2D eigenvalue weighted by Gasteiger charge is -2.32. The first-order valence-electron chi connectivity index (χ1n) is 13.8. The number of nitrogens with zero attached hydrogens (tertiary/aromatic N) is 1. The molecule has 3 aromatic rings. The van der Waals surface area contributed by atoms with Crippen LogP contribution in [0.15, 0.2) is 66.7 Å². The van der Waals surface area contributed by atoms with Crippen LogP contribution in [-0.2, 0) is 21.7 Å². The average Bonchev–Trinajstić information content (AvgIpc) is 3.36. The van der Waals surface area contributed by atoms with Crippen LogP contribution in [0.3, 0.4) is 0 Å². The molecule has 10 heteroatoms. The summed E-state index contributed by atoms with van der Waals surface area (Å²) in [5.41, 5.74) is 8.19. The monoisotopic (exact) mass is 575 g/mol. The summed E-state index contributed by atoms with van der Waals surface area (Å²) in [7, 11) is -1.20. The number of nitrogens with two attached hydrogens (primary N) is 1. The Labute approximate surface area is 241 Å². The predicted molar refractivity (Wildman–Crippen MR) is 160 cm³/mol. The van der Waals surface area contributed by atoms with Crippen LogP contribution in [0, 0.1) is 5.92 Å². The SMILES string of the molecule is COc1ccc2c(c1)[C@]1(O[C@@H](CCO)[C@H]([Si](C)(C)O)[C@H]1C)C(=O)N2Cc1ccc(NC(=O)c2ccc(N)cc2)cc1. The minimum Gasteiger partial charge on any atom is -0.497 e. The Kier molecular flexibility index (Phi) is 7.69. The fraction of sp³-hybridized carbons (Fsp3) is 0.355. The molecular weight excluding hydrogens is 538 g/mol. The molecule has 9 nitrogen and oxygen atoms in total. The molecule has 2 aliphatic heterocycles. The maximum absolute atomic E-state index is 14.4. The molecule has 2 amide bonds. The average molecular weight is 576 g/mol. The predicted octanol–water partition coefficient (Wildman–Crippen LogP) is 4.26. The zero-order valence-corrected chi connectivity index (χ0v) is 24.8. The molecule has 3 aromatic carbocycles. The van der Waals surface area contributed by atoms with Crippen LogP contribution < -0.4 is 20.7 Å². The zero-order valence-electron chi connectivity index (χ0n) is 23.8. The van der Waals surface area contributed by atoms with Gasteiger partial charge in [-0.25, -0.2) is 0 Å². The first-order chi connectivity index (χ1) is 19.5. The van der Waals surface area contributed by atoms with E-state index in [9.17, 15) is 19.5 Å². The van der Waals surface area contributed by atoms with E-state index >= 15 is 0 Å². The van der Waals surface area contributed by atoms with Gasteiger partial charge in [-0.05, 0) is 79.7 Å². The van der Waals surface area contributed by atoms with E-state index in [0.717, 1.165) is 11.3 Å². The minimum absolute atomic E-state index is 0.0987. The van der Waals surface area contributed by atoms with E-state index in [4.69, 9.17) is 15.2 Å². The molecule has 2 heterocycles. The van der Waals surface area contributed by atoms with Gasteiger partial charge in [0.15, 0.2) is 13.9 Å². The first kappa shape index (κ1) is 28.8. The molecule has 1 spiro atoms. The van der Waals surface area contributed by atoms with Crippen molar-refractivity contribution in [3.8, 4) is 5.75 Å². The summed E-state index contributed by atoms with van der Waals surface area (Å²) in [6, 6.07) is 19.6. The van der Waals surface area contributed by atoms with E-state index < -0.39 is 20.0 Å². The standard InChI is InChI=1S/C31H37N3O6Si/c1-19-28(41(3,4)38)27(15-16-35)40-31(19)25-17-24(39-2)13-14-26(25)34(30(31)37)18-20-5-11-23(12-6-20)33-29(36)21-7-9-22(32)10-8-21/h5-14,17,19,27-28,35,38H,15-16,18,32H2,1-4H3,(H,33,36)/t19-,27+,28-,31+/m1/s1. The highest BCUT2D eigenvalue weighted by atomic mass is 28.4. The van der Waals surface area contributed by atoms with Gasteiger partial charge in [-0.3, -0.25) is 9.59 Å². The summed E-state index contributed by atoms with van der Waals surface area (Å²) in [5, 5.41) is 12.7. The molecule has 4 atom stereocenters. The van der Waals surface area contributed by atoms with Gasteiger partial charge in [-0.15, -0.1) is 0 Å². The first-order valence-corrected chi connectivity index (χ1v) is 16.8. The Bertz CT molecular complexity index is 1440. The van der Waals surface area contributed by atoms with Crippen LogP contribution in [-0.4, -0.2) is 49.9 Å². The summed E-state index contributed by atoms with van der Waals surface area (Å²) in [6.45, 7) is 5.88. The number of carbonyl (C=O) groups excluding carboxylic acids is 2. The summed E-state index contributed by atoms with van der Waals surface area (Å²) >= 11 is 0. The number of anilines is 3. The summed E-state index contributed by atoms with van der Waals surface area (Å²) in [4.78, 5) is 39.9. The van der Waals surface area contributed by atoms with E-state index in [0.29, 0.717) is 34.7 Å². The van der Waals surface area contributed by atoms with Crippen molar-refractivity contribution in [3.05, 3.63) is 83.4 Å². The molecule has 0 unspecified atom stereocenters. The van der Waals surface area contributed by atoms with Crippen LogP contribution in [0.25, 0.3) is 0 Å². The Balaban J connectivity index is 1.44. The fourth-order valence-corrected chi connectivity index (χ4v) is 9.05. The van der Waals surface area contributed by atoms with Crippen molar-refractivity contribution in [2.24, 2.45) is 5.92 Å². The highest BCUT2D eigenvalue weighted by Gasteiger charge is 2.66. The Morgan fingerprint density at radius 2 is 1.80 bits per heavy atom. The normalized spacial score (nSPS) is 23.6. The number of fused-ring (bicyclic) bond motifs is 2. The summed E-state index contributed by atoms with van der Waals surface area (Å²) in [5.74, 6) is -0.151. The second kappa shape index (κ2) is 10.9. The largest absolute Gasteiger partial charge is 0.497 e. The number of carbonyl (C=O) groups is 2. The molecule has 0 aliphatic carbocycles. The molecule has 0 radical (unpaired) electrons. The lowest BCUT2D eigenvalue weighted by molar-refractivity contribution is -0.146. The molecule has 41 heavy (non-hydrogen) atoms. The van der Waals surface area contributed by atoms with Crippen molar-refractivity contribution in [2.75, 3.05) is 29.7 Å². The maximum Gasteiger partial charge on any atom is 0.264 e. The molecule has 5 N–H and O–H groups in total. The summed E-state index contributed by atoms with van der Waals surface area (Å²) in [6.07, 6.45) is -0.113. The third-order valence-corrected chi connectivity index (χ3v) is 10.8. The second-order valence-corrected chi connectivity index (χ2v) is 15.4. The van der Waals surface area contributed by atoms with Gasteiger partial charge in [0.2, 0.25) is 0 Å². The summed E-state index contributed by atoms with van der Waals surface area (Å²) < 4.78 is 12.1. The van der Waals surface area contributed by atoms with Gasteiger partial charge in [0.05, 0.1) is 25.4 Å². The zero-order chi connectivity index (χ0) is 29.5. The van der Waals surface area contributed by atoms with Gasteiger partial charge in [0, 0.05) is 40.6 Å². The number of hydrogen-bond acceptors (Lipinski definition) is 7. The van der Waals surface area contributed by atoms with Gasteiger partial charge in [-0.1, -0.05) is 19.1 Å².